The highest BCUT2D eigenvalue weighted by Crippen LogP contribution is 2.26. The lowest BCUT2D eigenvalue weighted by Crippen LogP contribution is -2.50. The van der Waals surface area contributed by atoms with Gasteiger partial charge in [0.05, 0.1) is 11.9 Å². The Kier molecular flexibility index (Phi) is 6.68. The molecule has 124 valence electrons. The van der Waals surface area contributed by atoms with E-state index in [0.29, 0.717) is 30.2 Å². The van der Waals surface area contributed by atoms with E-state index in [0.717, 1.165) is 6.26 Å². The maximum Gasteiger partial charge on any atom is 0.246 e. The van der Waals surface area contributed by atoms with Crippen molar-refractivity contribution in [1.29, 1.82) is 0 Å². The molecule has 5 nitrogen and oxygen atoms in total. The van der Waals surface area contributed by atoms with Gasteiger partial charge in [0.25, 0.3) is 0 Å². The van der Waals surface area contributed by atoms with Crippen molar-refractivity contribution in [3.8, 4) is 0 Å². The average molecular weight is 347 g/mol. The van der Waals surface area contributed by atoms with Crippen LogP contribution in [0.2, 0.25) is 5.02 Å². The molecule has 1 amide bonds. The van der Waals surface area contributed by atoms with Crippen molar-refractivity contribution in [3.63, 3.8) is 0 Å². The summed E-state index contributed by atoms with van der Waals surface area (Å²) < 4.78 is 25.7. The third-order valence-electron chi connectivity index (χ3n) is 3.45. The summed E-state index contributed by atoms with van der Waals surface area (Å²) in [6.45, 7) is 6.63. The summed E-state index contributed by atoms with van der Waals surface area (Å²) >= 11 is 5.97. The number of carbonyl (C=O) groups excluding carboxylic acids is 1. The number of halogens is 1. The predicted octanol–water partition coefficient (Wildman–Crippen LogP) is 2.75. The Balaban J connectivity index is 3.34. The van der Waals surface area contributed by atoms with E-state index >= 15 is 0 Å². The number of likely N-dealkylation sites (N-methyl/N-ethyl adjacent to an activating group) is 1. The van der Waals surface area contributed by atoms with Crippen LogP contribution in [0, 0.1) is 0 Å². The molecule has 0 aliphatic rings. The first-order chi connectivity index (χ1) is 10.3. The molecule has 1 atom stereocenters. The van der Waals surface area contributed by atoms with Gasteiger partial charge >= 0.3 is 0 Å². The molecular weight excluding hydrogens is 324 g/mol. The van der Waals surface area contributed by atoms with Gasteiger partial charge in [-0.2, -0.15) is 0 Å². The molecular formula is C15H23ClN2O3S. The average Bonchev–Trinajstić information content (AvgIpc) is 2.44. The van der Waals surface area contributed by atoms with E-state index in [1.807, 2.05) is 13.8 Å². The zero-order valence-corrected chi connectivity index (χ0v) is 15.0. The van der Waals surface area contributed by atoms with E-state index in [4.69, 9.17) is 11.6 Å². The summed E-state index contributed by atoms with van der Waals surface area (Å²) in [6.07, 6.45) is 1.49. The molecule has 0 bridgehead atoms. The molecule has 1 rings (SSSR count). The Morgan fingerprint density at radius 2 is 1.82 bits per heavy atom. The number of carbonyl (C=O) groups is 1. The quantitative estimate of drug-likeness (QED) is 0.762. The van der Waals surface area contributed by atoms with Gasteiger partial charge in [0.2, 0.25) is 15.9 Å². The van der Waals surface area contributed by atoms with Crippen molar-refractivity contribution in [2.45, 2.75) is 33.2 Å². The number of hydrogen-bond donors (Lipinski definition) is 0. The van der Waals surface area contributed by atoms with Gasteiger partial charge in [0.15, 0.2) is 0 Å². The zero-order valence-electron chi connectivity index (χ0n) is 13.4. The van der Waals surface area contributed by atoms with Crippen LogP contribution in [0.4, 0.5) is 5.69 Å². The number of rotatable bonds is 7. The van der Waals surface area contributed by atoms with Gasteiger partial charge < -0.3 is 4.90 Å². The summed E-state index contributed by atoms with van der Waals surface area (Å²) in [6, 6.07) is 5.77. The van der Waals surface area contributed by atoms with Crippen LogP contribution in [-0.2, 0) is 14.8 Å². The van der Waals surface area contributed by atoms with Crippen molar-refractivity contribution >= 4 is 33.2 Å². The molecule has 0 aliphatic carbocycles. The standard InChI is InChI=1S/C15H23ClN2O3S/c1-5-14(15(19)17(6-2)7-3)18(22(4,20)21)13-10-8-9-12(16)11-13/h8-11,14H,5-7H2,1-4H3/t14-/m0/s1. The number of nitrogens with zero attached hydrogens (tertiary/aromatic N) is 2. The summed E-state index contributed by atoms with van der Waals surface area (Å²) in [7, 11) is -3.61. The number of anilines is 1. The lowest BCUT2D eigenvalue weighted by atomic mass is 10.1. The smallest absolute Gasteiger partial charge is 0.246 e. The topological polar surface area (TPSA) is 57.7 Å². The van der Waals surface area contributed by atoms with Crippen LogP contribution in [0.3, 0.4) is 0 Å². The van der Waals surface area contributed by atoms with Crippen LogP contribution >= 0.6 is 11.6 Å². The molecule has 7 heteroatoms. The third kappa shape index (κ3) is 4.36. The highest BCUT2D eigenvalue weighted by Gasteiger charge is 2.33. The van der Waals surface area contributed by atoms with Crippen LogP contribution < -0.4 is 4.31 Å². The summed E-state index contributed by atoms with van der Waals surface area (Å²) in [5.74, 6) is -0.196. The first-order valence-electron chi connectivity index (χ1n) is 7.29. The van der Waals surface area contributed by atoms with Gasteiger partial charge in [-0.05, 0) is 38.5 Å². The number of amides is 1. The van der Waals surface area contributed by atoms with Gasteiger partial charge in [-0.1, -0.05) is 24.6 Å². The molecule has 1 aromatic rings. The lowest BCUT2D eigenvalue weighted by Gasteiger charge is -2.33. The lowest BCUT2D eigenvalue weighted by molar-refractivity contribution is -0.132. The second-order valence-corrected chi connectivity index (χ2v) is 7.27. The van der Waals surface area contributed by atoms with Gasteiger partial charge in [0, 0.05) is 18.1 Å². The third-order valence-corrected chi connectivity index (χ3v) is 4.86. The highest BCUT2D eigenvalue weighted by molar-refractivity contribution is 7.92. The molecule has 0 aromatic heterocycles. The number of sulfonamides is 1. The van der Waals surface area contributed by atoms with E-state index in [1.165, 1.54) is 4.31 Å². The molecule has 0 saturated carbocycles. The Bertz CT molecular complexity index is 615. The van der Waals surface area contributed by atoms with Gasteiger partial charge in [0.1, 0.15) is 6.04 Å². The number of benzene rings is 1. The van der Waals surface area contributed by atoms with Gasteiger partial charge in [-0.25, -0.2) is 8.42 Å². The summed E-state index contributed by atoms with van der Waals surface area (Å²) in [5, 5.41) is 0.427. The maximum atomic E-state index is 12.7. The van der Waals surface area contributed by atoms with Crippen molar-refractivity contribution < 1.29 is 13.2 Å². The molecule has 0 saturated heterocycles. The Morgan fingerprint density at radius 3 is 2.23 bits per heavy atom. The molecule has 0 fully saturated rings. The second-order valence-electron chi connectivity index (χ2n) is 4.97. The maximum absolute atomic E-state index is 12.7. The summed E-state index contributed by atoms with van der Waals surface area (Å²) in [5.41, 5.74) is 0.405. The van der Waals surface area contributed by atoms with E-state index in [1.54, 1.807) is 36.1 Å². The predicted molar refractivity (Wildman–Crippen MR) is 90.8 cm³/mol. The van der Waals surface area contributed by atoms with Crippen molar-refractivity contribution in [1.82, 2.24) is 4.90 Å². The van der Waals surface area contributed by atoms with Gasteiger partial charge in [-0.15, -0.1) is 0 Å². The minimum absolute atomic E-state index is 0.196. The van der Waals surface area contributed by atoms with Crippen LogP contribution in [0.5, 0.6) is 0 Å². The molecule has 22 heavy (non-hydrogen) atoms. The van der Waals surface area contributed by atoms with Crippen LogP contribution in [-0.4, -0.2) is 44.6 Å². The molecule has 1 aromatic carbocycles. The fourth-order valence-electron chi connectivity index (χ4n) is 2.40. The van der Waals surface area contributed by atoms with E-state index in [9.17, 15) is 13.2 Å². The fourth-order valence-corrected chi connectivity index (χ4v) is 3.79. The molecule has 0 N–H and O–H groups in total. The fraction of sp³-hybridized carbons (Fsp3) is 0.533. The highest BCUT2D eigenvalue weighted by atomic mass is 35.5. The van der Waals surface area contributed by atoms with Crippen molar-refractivity contribution in [2.75, 3.05) is 23.7 Å². The minimum Gasteiger partial charge on any atom is -0.341 e. The Morgan fingerprint density at radius 1 is 1.23 bits per heavy atom. The minimum atomic E-state index is -3.61. The normalized spacial score (nSPS) is 12.8. The van der Waals surface area contributed by atoms with Crippen LogP contribution in [0.25, 0.3) is 0 Å². The van der Waals surface area contributed by atoms with Crippen molar-refractivity contribution in [2.24, 2.45) is 0 Å². The molecule has 0 radical (unpaired) electrons. The van der Waals surface area contributed by atoms with E-state index < -0.39 is 16.1 Å². The Hall–Kier alpha value is -1.27. The van der Waals surface area contributed by atoms with Crippen molar-refractivity contribution in [3.05, 3.63) is 29.3 Å². The molecule has 0 aliphatic heterocycles. The second kappa shape index (κ2) is 7.83. The van der Waals surface area contributed by atoms with E-state index in [-0.39, 0.29) is 5.91 Å². The monoisotopic (exact) mass is 346 g/mol. The van der Waals surface area contributed by atoms with Crippen LogP contribution in [0.1, 0.15) is 27.2 Å². The number of hydrogen-bond acceptors (Lipinski definition) is 3. The largest absolute Gasteiger partial charge is 0.341 e. The van der Waals surface area contributed by atoms with E-state index in [2.05, 4.69) is 0 Å². The Labute approximate surface area is 137 Å². The SMILES string of the molecule is CC[C@@H](C(=O)N(CC)CC)N(c1cccc(Cl)c1)S(C)(=O)=O. The van der Waals surface area contributed by atoms with Gasteiger partial charge in [-0.3, -0.25) is 9.10 Å². The van der Waals surface area contributed by atoms with Crippen LogP contribution in [0.15, 0.2) is 24.3 Å². The first-order valence-corrected chi connectivity index (χ1v) is 9.52. The first kappa shape index (κ1) is 18.8. The molecule has 0 spiro atoms. The summed E-state index contributed by atoms with van der Waals surface area (Å²) in [4.78, 5) is 14.3. The zero-order chi connectivity index (χ0) is 16.9. The molecule has 0 heterocycles. The molecule has 0 unspecified atom stereocenters.